The molecule has 0 aliphatic carbocycles. The third-order valence-electron chi connectivity index (χ3n) is 2.46. The Hall–Kier alpha value is 0.590. The van der Waals surface area contributed by atoms with E-state index in [-0.39, 0.29) is 5.41 Å². The van der Waals surface area contributed by atoms with Gasteiger partial charge in [0.05, 0.1) is 5.69 Å². The molecule has 0 amide bonds. The smallest absolute Gasteiger partial charge is 0.228 e. The first-order valence-electron chi connectivity index (χ1n) is 5.77. The Bertz CT molecular complexity index is 442. The van der Waals surface area contributed by atoms with Gasteiger partial charge in [-0.3, -0.25) is 0 Å². The number of alkyl halides is 5. The molecule has 1 aromatic heterocycles. The maximum absolute atomic E-state index is 6.27. The highest BCUT2D eigenvalue weighted by molar-refractivity contribution is 6.75. The number of halogens is 5. The zero-order chi connectivity index (χ0) is 15.1. The molecule has 110 valence electrons. The van der Waals surface area contributed by atoms with Crippen molar-refractivity contribution in [3.63, 3.8) is 0 Å². The summed E-state index contributed by atoms with van der Waals surface area (Å²) in [5.74, 6) is 0. The van der Waals surface area contributed by atoms with Crippen LogP contribution in [0.3, 0.4) is 0 Å². The van der Waals surface area contributed by atoms with Crippen molar-refractivity contribution in [2.75, 3.05) is 0 Å². The molecule has 0 saturated carbocycles. The second-order valence-electron chi connectivity index (χ2n) is 5.51. The number of rotatable bonds is 3. The molecule has 0 saturated heterocycles. The molecule has 8 heteroatoms. The van der Waals surface area contributed by atoms with E-state index in [1.165, 1.54) is 0 Å². The average Bonchev–Trinajstić information content (AvgIpc) is 2.56. The van der Waals surface area contributed by atoms with Crippen molar-refractivity contribution in [3.05, 3.63) is 11.4 Å². The fourth-order valence-electron chi connectivity index (χ4n) is 1.67. The summed E-state index contributed by atoms with van der Waals surface area (Å²) in [5.41, 5.74) is 1.07. The van der Waals surface area contributed by atoms with E-state index >= 15 is 0 Å². The molecule has 0 N–H and O–H groups in total. The second kappa shape index (κ2) is 5.76. The summed E-state index contributed by atoms with van der Waals surface area (Å²) in [6.45, 7) is 8.64. The van der Waals surface area contributed by atoms with Gasteiger partial charge in [-0.15, -0.1) is 5.10 Å². The number of hydrogen-bond acceptors (Lipinski definition) is 2. The van der Waals surface area contributed by atoms with Gasteiger partial charge in [0, 0.05) is 6.54 Å². The second-order valence-corrected chi connectivity index (χ2v) is 9.12. The van der Waals surface area contributed by atoms with Crippen molar-refractivity contribution in [1.82, 2.24) is 15.0 Å². The first-order valence-corrected chi connectivity index (χ1v) is 7.66. The van der Waals surface area contributed by atoms with E-state index in [0.717, 1.165) is 0 Å². The molecule has 0 aromatic carbocycles. The molecule has 1 heterocycles. The summed E-state index contributed by atoms with van der Waals surface area (Å²) >= 11 is 30.2. The van der Waals surface area contributed by atoms with Gasteiger partial charge in [-0.2, -0.15) is 0 Å². The van der Waals surface area contributed by atoms with Crippen LogP contribution in [0.2, 0.25) is 0 Å². The Labute approximate surface area is 138 Å². The number of nitrogens with zero attached hydrogens (tertiary/aromatic N) is 3. The van der Waals surface area contributed by atoms with Crippen LogP contribution in [0.15, 0.2) is 0 Å². The molecule has 3 nitrogen and oxygen atoms in total. The molecule has 19 heavy (non-hydrogen) atoms. The molecule has 0 radical (unpaired) electrons. The molecular formula is C11H16Cl5N3. The molecule has 0 unspecified atom stereocenters. The minimum Gasteiger partial charge on any atom is -0.246 e. The zero-order valence-corrected chi connectivity index (χ0v) is 14.9. The number of hydrogen-bond donors (Lipinski definition) is 0. The molecule has 0 aliphatic heterocycles. The highest BCUT2D eigenvalue weighted by atomic mass is 35.6. The van der Waals surface area contributed by atoms with Gasteiger partial charge < -0.3 is 0 Å². The Morgan fingerprint density at radius 3 is 1.95 bits per heavy atom. The van der Waals surface area contributed by atoms with Crippen LogP contribution in [-0.4, -0.2) is 18.8 Å². The van der Waals surface area contributed by atoms with E-state index in [1.54, 1.807) is 4.68 Å². The van der Waals surface area contributed by atoms with E-state index in [1.807, 2.05) is 6.92 Å². The van der Waals surface area contributed by atoms with Crippen LogP contribution in [0.4, 0.5) is 0 Å². The minimum atomic E-state index is -1.88. The first kappa shape index (κ1) is 17.6. The fraction of sp³-hybridized carbons (Fsp3) is 0.818. The van der Waals surface area contributed by atoms with Gasteiger partial charge in [-0.05, 0) is 18.8 Å². The normalized spacial score (nSPS) is 13.9. The third-order valence-corrected chi connectivity index (χ3v) is 4.81. The van der Waals surface area contributed by atoms with E-state index in [2.05, 4.69) is 31.1 Å². The van der Waals surface area contributed by atoms with Crippen LogP contribution in [0.25, 0.3) is 0 Å². The minimum absolute atomic E-state index is 0.0131. The van der Waals surface area contributed by atoms with Gasteiger partial charge in [-0.25, -0.2) is 4.68 Å². The van der Waals surface area contributed by atoms with Crippen molar-refractivity contribution < 1.29 is 0 Å². The van der Waals surface area contributed by atoms with Crippen molar-refractivity contribution in [3.8, 4) is 0 Å². The summed E-state index contributed by atoms with van der Waals surface area (Å²) in [5, 5.41) is 8.14. The lowest BCUT2D eigenvalue weighted by molar-refractivity contribution is 0.404. The van der Waals surface area contributed by atoms with E-state index in [0.29, 0.717) is 24.4 Å². The van der Waals surface area contributed by atoms with Gasteiger partial charge in [0.2, 0.25) is 8.13 Å². The lowest BCUT2D eigenvalue weighted by Gasteiger charge is -2.29. The Morgan fingerprint density at radius 2 is 1.58 bits per heavy atom. The fourth-order valence-corrected chi connectivity index (χ4v) is 2.35. The van der Waals surface area contributed by atoms with Gasteiger partial charge in [0.15, 0.2) is 0 Å². The largest absolute Gasteiger partial charge is 0.246 e. The van der Waals surface area contributed by atoms with Crippen LogP contribution in [-0.2, 0) is 17.3 Å². The highest BCUT2D eigenvalue weighted by Gasteiger charge is 2.51. The molecule has 0 spiro atoms. The van der Waals surface area contributed by atoms with Crippen LogP contribution in [0.5, 0.6) is 0 Å². The summed E-state index contributed by atoms with van der Waals surface area (Å²) < 4.78 is -2.03. The molecule has 0 atom stereocenters. The van der Waals surface area contributed by atoms with Crippen LogP contribution < -0.4 is 0 Å². The Morgan fingerprint density at radius 1 is 1.05 bits per heavy atom. The molecule has 1 rings (SSSR count). The average molecular weight is 368 g/mol. The number of aromatic nitrogens is 3. The van der Waals surface area contributed by atoms with Gasteiger partial charge >= 0.3 is 0 Å². The van der Waals surface area contributed by atoms with Crippen molar-refractivity contribution in [1.29, 1.82) is 0 Å². The first-order chi connectivity index (χ1) is 8.40. The summed E-state index contributed by atoms with van der Waals surface area (Å²) in [4.78, 5) is 0. The molecule has 0 bridgehead atoms. The van der Waals surface area contributed by atoms with Crippen LogP contribution in [0, 0.1) is 5.41 Å². The SMILES string of the molecule is CCn1nnc(CC(C)(C)C)c1C(Cl)(Cl)C(Cl)(Cl)Cl. The Kier molecular flexibility index (Phi) is 5.35. The van der Waals surface area contributed by atoms with Crippen molar-refractivity contribution in [2.24, 2.45) is 5.41 Å². The standard InChI is InChI=1S/C11H16Cl5N3/c1-5-19-8(10(12,13)11(14,15)16)7(17-18-19)6-9(2,3)4/h5-6H2,1-4H3. The summed E-state index contributed by atoms with van der Waals surface area (Å²) in [6.07, 6.45) is 0.629. The van der Waals surface area contributed by atoms with Crippen LogP contribution >= 0.6 is 58.0 Å². The maximum atomic E-state index is 6.27. The van der Waals surface area contributed by atoms with Crippen molar-refractivity contribution >= 4 is 58.0 Å². The molecule has 0 fully saturated rings. The van der Waals surface area contributed by atoms with Crippen LogP contribution in [0.1, 0.15) is 39.1 Å². The van der Waals surface area contributed by atoms with Gasteiger partial charge in [-0.1, -0.05) is 84.0 Å². The summed E-state index contributed by atoms with van der Waals surface area (Å²) in [7, 11) is 0. The summed E-state index contributed by atoms with van der Waals surface area (Å²) in [6, 6.07) is 0. The highest BCUT2D eigenvalue weighted by Crippen LogP contribution is 2.53. The third kappa shape index (κ3) is 4.04. The molecular weight excluding hydrogens is 351 g/mol. The quantitative estimate of drug-likeness (QED) is 0.712. The Balaban J connectivity index is 3.36. The topological polar surface area (TPSA) is 30.7 Å². The van der Waals surface area contributed by atoms with Gasteiger partial charge in [0.25, 0.3) is 0 Å². The predicted molar refractivity (Wildman–Crippen MR) is 82.5 cm³/mol. The predicted octanol–water partition coefficient (Wildman–Crippen LogP) is 4.89. The lowest BCUT2D eigenvalue weighted by Crippen LogP contribution is -2.32. The monoisotopic (exact) mass is 365 g/mol. The van der Waals surface area contributed by atoms with E-state index in [4.69, 9.17) is 58.0 Å². The zero-order valence-electron chi connectivity index (χ0n) is 11.1. The maximum Gasteiger partial charge on any atom is 0.228 e. The van der Waals surface area contributed by atoms with Crippen molar-refractivity contribution in [2.45, 2.75) is 48.8 Å². The van der Waals surface area contributed by atoms with Gasteiger partial charge in [0.1, 0.15) is 5.69 Å². The lowest BCUT2D eigenvalue weighted by atomic mass is 9.89. The van der Waals surface area contributed by atoms with E-state index < -0.39 is 8.13 Å². The molecule has 0 aliphatic rings. The number of aryl methyl sites for hydroxylation is 1. The van der Waals surface area contributed by atoms with E-state index in [9.17, 15) is 0 Å². The molecule has 1 aromatic rings.